The van der Waals surface area contributed by atoms with Crippen LogP contribution in [0.25, 0.3) is 0 Å². The molecule has 0 bridgehead atoms. The number of nitrogens with zero attached hydrogens (tertiary/aromatic N) is 2. The first-order valence-electron chi connectivity index (χ1n) is 9.07. The van der Waals surface area contributed by atoms with Gasteiger partial charge in [-0.05, 0) is 48.8 Å². The Labute approximate surface area is 148 Å². The van der Waals surface area contributed by atoms with Crippen LogP contribution in [-0.2, 0) is 6.42 Å². The van der Waals surface area contributed by atoms with Crippen molar-refractivity contribution in [2.45, 2.75) is 37.8 Å². The van der Waals surface area contributed by atoms with Crippen molar-refractivity contribution in [3.8, 4) is 0 Å². The number of H-pyrrole nitrogens is 1. The minimum atomic E-state index is 0.0733. The Morgan fingerprint density at radius 3 is 2.76 bits per heavy atom. The number of hydrogen-bond donors (Lipinski definition) is 2. The van der Waals surface area contributed by atoms with Crippen LogP contribution in [0.1, 0.15) is 42.3 Å². The molecule has 0 spiro atoms. The molecule has 25 heavy (non-hydrogen) atoms. The third-order valence-corrected chi connectivity index (χ3v) is 5.12. The van der Waals surface area contributed by atoms with Crippen LogP contribution in [0.15, 0.2) is 67.3 Å². The minimum absolute atomic E-state index is 0.0733. The zero-order chi connectivity index (χ0) is 16.9. The zero-order valence-corrected chi connectivity index (χ0v) is 14.3. The SMILES string of the molecule is c1ccc(C[C@@H]2CC[C@@H](N[C@H](c3cccnc3)c3ncc[nH]3)C2)cc1. The summed E-state index contributed by atoms with van der Waals surface area (Å²) in [5.41, 5.74) is 2.60. The quantitative estimate of drug-likeness (QED) is 0.720. The second-order valence-corrected chi connectivity index (χ2v) is 6.93. The van der Waals surface area contributed by atoms with E-state index in [0.29, 0.717) is 6.04 Å². The maximum atomic E-state index is 4.48. The fraction of sp³-hybridized carbons (Fsp3) is 0.333. The monoisotopic (exact) mass is 332 g/mol. The highest BCUT2D eigenvalue weighted by atomic mass is 15.0. The van der Waals surface area contributed by atoms with Gasteiger partial charge in [-0.15, -0.1) is 0 Å². The van der Waals surface area contributed by atoms with Gasteiger partial charge < -0.3 is 10.3 Å². The van der Waals surface area contributed by atoms with Crippen LogP contribution >= 0.6 is 0 Å². The van der Waals surface area contributed by atoms with Gasteiger partial charge in [0.05, 0.1) is 6.04 Å². The van der Waals surface area contributed by atoms with Crippen molar-refractivity contribution in [2.75, 3.05) is 0 Å². The molecule has 1 aliphatic carbocycles. The van der Waals surface area contributed by atoms with Gasteiger partial charge in [0.2, 0.25) is 0 Å². The molecule has 2 N–H and O–H groups in total. The largest absolute Gasteiger partial charge is 0.347 e. The van der Waals surface area contributed by atoms with Crippen molar-refractivity contribution in [1.82, 2.24) is 20.3 Å². The number of nitrogens with one attached hydrogen (secondary N) is 2. The Balaban J connectivity index is 1.43. The van der Waals surface area contributed by atoms with Gasteiger partial charge in [0.25, 0.3) is 0 Å². The molecule has 2 aromatic heterocycles. The summed E-state index contributed by atoms with van der Waals surface area (Å²) in [7, 11) is 0. The normalized spacial score (nSPS) is 21.3. The van der Waals surface area contributed by atoms with Gasteiger partial charge in [-0.3, -0.25) is 4.98 Å². The number of benzene rings is 1. The van der Waals surface area contributed by atoms with Gasteiger partial charge in [0.15, 0.2) is 0 Å². The van der Waals surface area contributed by atoms with Crippen LogP contribution in [0.5, 0.6) is 0 Å². The van der Waals surface area contributed by atoms with Crippen LogP contribution in [-0.4, -0.2) is 21.0 Å². The van der Waals surface area contributed by atoms with Gasteiger partial charge in [0.1, 0.15) is 5.82 Å². The fourth-order valence-corrected chi connectivity index (χ4v) is 3.91. The Morgan fingerprint density at radius 1 is 1.08 bits per heavy atom. The highest BCUT2D eigenvalue weighted by Gasteiger charge is 2.28. The Bertz CT molecular complexity index is 755. The lowest BCUT2D eigenvalue weighted by Crippen LogP contribution is -2.32. The molecule has 0 amide bonds. The number of aromatic nitrogens is 3. The van der Waals surface area contributed by atoms with Crippen molar-refractivity contribution in [3.63, 3.8) is 0 Å². The molecular formula is C21H24N4. The fourth-order valence-electron chi connectivity index (χ4n) is 3.91. The molecule has 128 valence electrons. The second kappa shape index (κ2) is 7.62. The van der Waals surface area contributed by atoms with E-state index in [1.807, 2.05) is 30.9 Å². The molecule has 1 aliphatic rings. The highest BCUT2D eigenvalue weighted by Crippen LogP contribution is 2.31. The Kier molecular flexibility index (Phi) is 4.89. The van der Waals surface area contributed by atoms with Crippen LogP contribution in [0.2, 0.25) is 0 Å². The lowest BCUT2D eigenvalue weighted by atomic mass is 9.97. The predicted molar refractivity (Wildman–Crippen MR) is 99.1 cm³/mol. The number of hydrogen-bond acceptors (Lipinski definition) is 3. The van der Waals surface area contributed by atoms with Crippen molar-refractivity contribution in [1.29, 1.82) is 0 Å². The maximum Gasteiger partial charge on any atom is 0.127 e. The summed E-state index contributed by atoms with van der Waals surface area (Å²) in [6.07, 6.45) is 12.3. The number of pyridine rings is 1. The summed E-state index contributed by atoms with van der Waals surface area (Å²) in [4.78, 5) is 12.0. The average Bonchev–Trinajstić information content (AvgIpc) is 3.33. The molecule has 4 nitrogen and oxygen atoms in total. The minimum Gasteiger partial charge on any atom is -0.347 e. The van der Waals surface area contributed by atoms with Gasteiger partial charge in [-0.25, -0.2) is 4.98 Å². The standard InChI is InChI=1S/C21H24N4/c1-2-5-16(6-3-1)13-17-8-9-19(14-17)25-20(21-23-11-12-24-21)18-7-4-10-22-15-18/h1-7,10-12,15,17,19-20,25H,8-9,13-14H2,(H,23,24)/t17-,19+,20+/m0/s1. The molecule has 1 aromatic carbocycles. The Morgan fingerprint density at radius 2 is 2.00 bits per heavy atom. The third kappa shape index (κ3) is 3.97. The van der Waals surface area contributed by atoms with Gasteiger partial charge in [0, 0.05) is 30.8 Å². The zero-order valence-electron chi connectivity index (χ0n) is 14.3. The molecule has 0 unspecified atom stereocenters. The molecule has 0 aliphatic heterocycles. The molecule has 2 heterocycles. The lowest BCUT2D eigenvalue weighted by Gasteiger charge is -2.22. The molecule has 0 radical (unpaired) electrons. The first-order valence-corrected chi connectivity index (χ1v) is 9.07. The van der Waals surface area contributed by atoms with E-state index >= 15 is 0 Å². The molecule has 0 saturated heterocycles. The van der Waals surface area contributed by atoms with Gasteiger partial charge >= 0.3 is 0 Å². The Hall–Kier alpha value is -2.46. The van der Waals surface area contributed by atoms with Crippen molar-refractivity contribution >= 4 is 0 Å². The van der Waals surface area contributed by atoms with Crippen molar-refractivity contribution in [3.05, 3.63) is 84.2 Å². The van der Waals surface area contributed by atoms with Crippen molar-refractivity contribution in [2.24, 2.45) is 5.92 Å². The first kappa shape index (κ1) is 16.0. The van der Waals surface area contributed by atoms with E-state index < -0.39 is 0 Å². The molecule has 4 heteroatoms. The van der Waals surface area contributed by atoms with Crippen LogP contribution in [0.3, 0.4) is 0 Å². The predicted octanol–water partition coefficient (Wildman–Crippen LogP) is 3.90. The van der Waals surface area contributed by atoms with E-state index in [-0.39, 0.29) is 6.04 Å². The van der Waals surface area contributed by atoms with Crippen LogP contribution < -0.4 is 5.32 Å². The van der Waals surface area contributed by atoms with E-state index in [0.717, 1.165) is 17.3 Å². The van der Waals surface area contributed by atoms with Gasteiger partial charge in [-0.2, -0.15) is 0 Å². The summed E-state index contributed by atoms with van der Waals surface area (Å²) in [6, 6.07) is 15.5. The molecule has 3 aromatic rings. The van der Waals surface area contributed by atoms with E-state index in [1.54, 1.807) is 0 Å². The topological polar surface area (TPSA) is 53.6 Å². The van der Waals surface area contributed by atoms with Crippen LogP contribution in [0.4, 0.5) is 0 Å². The number of aromatic amines is 1. The number of rotatable bonds is 6. The third-order valence-electron chi connectivity index (χ3n) is 5.12. The second-order valence-electron chi connectivity index (χ2n) is 6.93. The maximum absolute atomic E-state index is 4.48. The summed E-state index contributed by atoms with van der Waals surface area (Å²) in [5, 5.41) is 3.82. The molecule has 3 atom stereocenters. The van der Waals surface area contributed by atoms with E-state index in [2.05, 4.69) is 56.7 Å². The van der Waals surface area contributed by atoms with Gasteiger partial charge in [-0.1, -0.05) is 36.4 Å². The summed E-state index contributed by atoms with van der Waals surface area (Å²) in [5.74, 6) is 1.71. The summed E-state index contributed by atoms with van der Waals surface area (Å²) >= 11 is 0. The molecular weight excluding hydrogens is 308 g/mol. The average molecular weight is 332 g/mol. The molecule has 1 fully saturated rings. The van der Waals surface area contributed by atoms with E-state index in [4.69, 9.17) is 0 Å². The number of imidazole rings is 1. The summed E-state index contributed by atoms with van der Waals surface area (Å²) in [6.45, 7) is 0. The smallest absolute Gasteiger partial charge is 0.127 e. The van der Waals surface area contributed by atoms with E-state index in [1.165, 1.54) is 31.2 Å². The van der Waals surface area contributed by atoms with Crippen LogP contribution in [0, 0.1) is 5.92 Å². The molecule has 1 saturated carbocycles. The molecule has 4 rings (SSSR count). The highest BCUT2D eigenvalue weighted by molar-refractivity contribution is 5.22. The van der Waals surface area contributed by atoms with E-state index in [9.17, 15) is 0 Å². The first-order chi connectivity index (χ1) is 12.4. The lowest BCUT2D eigenvalue weighted by molar-refractivity contribution is 0.445. The van der Waals surface area contributed by atoms with Crippen molar-refractivity contribution < 1.29 is 0 Å². The summed E-state index contributed by atoms with van der Waals surface area (Å²) < 4.78 is 0.